The lowest BCUT2D eigenvalue weighted by Crippen LogP contribution is -1.92. The van der Waals surface area contributed by atoms with Crippen LogP contribution in [0.5, 0.6) is 0 Å². The summed E-state index contributed by atoms with van der Waals surface area (Å²) < 4.78 is 0. The van der Waals surface area contributed by atoms with E-state index in [0.29, 0.717) is 10.8 Å². The van der Waals surface area contributed by atoms with E-state index >= 15 is 0 Å². The molecule has 0 saturated carbocycles. The molecule has 3 heteroatoms. The van der Waals surface area contributed by atoms with E-state index in [1.807, 2.05) is 32.9 Å². The Labute approximate surface area is 84.4 Å². The number of halogens is 1. The van der Waals surface area contributed by atoms with Crippen LogP contribution in [0.25, 0.3) is 6.08 Å². The van der Waals surface area contributed by atoms with Crippen molar-refractivity contribution in [1.82, 2.24) is 4.98 Å². The van der Waals surface area contributed by atoms with Gasteiger partial charge in [0.15, 0.2) is 0 Å². The summed E-state index contributed by atoms with van der Waals surface area (Å²) in [6.45, 7) is 5.92. The van der Waals surface area contributed by atoms with Gasteiger partial charge in [-0.2, -0.15) is 0 Å². The highest BCUT2D eigenvalue weighted by Gasteiger charge is 1.95. The minimum absolute atomic E-state index is 0.507. The maximum Gasteiger partial charge on any atom is 0.130 e. The number of hydrogen-bond donors (Lipinski definition) is 1. The van der Waals surface area contributed by atoms with E-state index in [0.717, 1.165) is 5.56 Å². The van der Waals surface area contributed by atoms with Crippen LogP contribution < -0.4 is 5.73 Å². The lowest BCUT2D eigenvalue weighted by Gasteiger charge is -1.97. The van der Waals surface area contributed by atoms with Gasteiger partial charge in [0.1, 0.15) is 5.82 Å². The summed E-state index contributed by atoms with van der Waals surface area (Å²) in [7, 11) is 0. The molecule has 0 aliphatic carbocycles. The Balaban J connectivity index is 0.000000671. The van der Waals surface area contributed by atoms with E-state index < -0.39 is 0 Å². The average Bonchev–Trinajstić information content (AvgIpc) is 2.15. The molecule has 0 bridgehead atoms. The molecule has 72 valence electrons. The molecule has 0 saturated heterocycles. The molecule has 0 atom stereocenters. The van der Waals surface area contributed by atoms with Crippen LogP contribution in [0.2, 0.25) is 5.02 Å². The van der Waals surface area contributed by atoms with Gasteiger partial charge in [-0.15, -0.1) is 0 Å². The van der Waals surface area contributed by atoms with Crippen molar-refractivity contribution < 1.29 is 0 Å². The van der Waals surface area contributed by atoms with Gasteiger partial charge in [-0.05, 0) is 13.0 Å². The third-order valence-corrected chi connectivity index (χ3v) is 1.47. The smallest absolute Gasteiger partial charge is 0.130 e. The molecule has 2 N–H and O–H groups in total. The third kappa shape index (κ3) is 3.95. The molecular formula is C10H15ClN2. The molecule has 0 aromatic carbocycles. The Morgan fingerprint density at radius 2 is 2.08 bits per heavy atom. The second-order valence-electron chi connectivity index (χ2n) is 2.13. The molecule has 0 aliphatic heterocycles. The fourth-order valence-electron chi connectivity index (χ4n) is 0.779. The molecule has 0 spiro atoms. The second-order valence-corrected chi connectivity index (χ2v) is 2.56. The molecule has 0 aliphatic rings. The molecule has 1 aromatic heterocycles. The topological polar surface area (TPSA) is 38.9 Å². The van der Waals surface area contributed by atoms with E-state index in [1.165, 1.54) is 6.20 Å². The van der Waals surface area contributed by atoms with Gasteiger partial charge in [-0.25, -0.2) is 4.98 Å². The highest BCUT2D eigenvalue weighted by atomic mass is 35.5. The van der Waals surface area contributed by atoms with Gasteiger partial charge < -0.3 is 5.73 Å². The van der Waals surface area contributed by atoms with Crippen LogP contribution in [-0.2, 0) is 0 Å². The van der Waals surface area contributed by atoms with E-state index in [9.17, 15) is 0 Å². The van der Waals surface area contributed by atoms with Crippen molar-refractivity contribution in [3.8, 4) is 0 Å². The van der Waals surface area contributed by atoms with Crippen molar-refractivity contribution in [2.45, 2.75) is 20.8 Å². The Kier molecular flexibility index (Phi) is 5.98. The normalized spacial score (nSPS) is 9.54. The molecule has 0 unspecified atom stereocenters. The summed E-state index contributed by atoms with van der Waals surface area (Å²) in [5.74, 6) is 0.507. The molecule has 0 radical (unpaired) electrons. The van der Waals surface area contributed by atoms with Crippen LogP contribution in [0.15, 0.2) is 18.3 Å². The number of aromatic nitrogens is 1. The van der Waals surface area contributed by atoms with E-state index in [-0.39, 0.29) is 0 Å². The van der Waals surface area contributed by atoms with Crippen LogP contribution in [0, 0.1) is 0 Å². The lowest BCUT2D eigenvalue weighted by molar-refractivity contribution is 1.32. The molecule has 0 fully saturated rings. The highest BCUT2D eigenvalue weighted by molar-refractivity contribution is 6.30. The summed E-state index contributed by atoms with van der Waals surface area (Å²) >= 11 is 5.70. The van der Waals surface area contributed by atoms with Crippen molar-refractivity contribution in [2.75, 3.05) is 5.73 Å². The van der Waals surface area contributed by atoms with Crippen LogP contribution in [0.3, 0.4) is 0 Å². The average molecular weight is 199 g/mol. The zero-order valence-electron chi connectivity index (χ0n) is 8.21. The minimum atomic E-state index is 0.507. The number of pyridine rings is 1. The van der Waals surface area contributed by atoms with Crippen LogP contribution >= 0.6 is 11.6 Å². The zero-order chi connectivity index (χ0) is 10.3. The van der Waals surface area contributed by atoms with Crippen molar-refractivity contribution >= 4 is 23.5 Å². The van der Waals surface area contributed by atoms with E-state index in [2.05, 4.69) is 4.98 Å². The molecule has 1 heterocycles. The van der Waals surface area contributed by atoms with Gasteiger partial charge in [0.05, 0.1) is 5.02 Å². The summed E-state index contributed by atoms with van der Waals surface area (Å²) in [5.41, 5.74) is 6.42. The van der Waals surface area contributed by atoms with Crippen LogP contribution in [0.1, 0.15) is 26.3 Å². The lowest BCUT2D eigenvalue weighted by atomic mass is 10.2. The fourth-order valence-corrected chi connectivity index (χ4v) is 0.945. The molecule has 1 aromatic rings. The molecule has 0 amide bonds. The van der Waals surface area contributed by atoms with Gasteiger partial charge in [-0.1, -0.05) is 37.6 Å². The van der Waals surface area contributed by atoms with Crippen LogP contribution in [-0.4, -0.2) is 4.98 Å². The van der Waals surface area contributed by atoms with Crippen molar-refractivity contribution in [3.05, 3.63) is 28.9 Å². The number of anilines is 1. The standard InChI is InChI=1S/C8H9ClN2.C2H6/c1-2-3-6-4-7(9)5-11-8(6)10;1-2/h2-5H,1H3,(H2,10,11);1-2H3/b3-2+;. The first-order chi connectivity index (χ1) is 6.24. The van der Waals surface area contributed by atoms with Gasteiger partial charge in [0.25, 0.3) is 0 Å². The van der Waals surface area contributed by atoms with E-state index in [4.69, 9.17) is 17.3 Å². The van der Waals surface area contributed by atoms with Crippen LogP contribution in [0.4, 0.5) is 5.82 Å². The molecule has 13 heavy (non-hydrogen) atoms. The number of rotatable bonds is 1. The number of allylic oxidation sites excluding steroid dienone is 1. The fraction of sp³-hybridized carbons (Fsp3) is 0.300. The Morgan fingerprint density at radius 1 is 1.46 bits per heavy atom. The van der Waals surface area contributed by atoms with Gasteiger partial charge in [0.2, 0.25) is 0 Å². The summed E-state index contributed by atoms with van der Waals surface area (Å²) in [4.78, 5) is 3.89. The maximum atomic E-state index is 5.70. The first-order valence-corrected chi connectivity index (χ1v) is 4.65. The Hall–Kier alpha value is -1.02. The van der Waals surface area contributed by atoms with Gasteiger partial charge in [0, 0.05) is 11.8 Å². The first-order valence-electron chi connectivity index (χ1n) is 4.27. The van der Waals surface area contributed by atoms with Gasteiger partial charge in [-0.3, -0.25) is 0 Å². The molecule has 1 rings (SSSR count). The SMILES string of the molecule is C/C=C/c1cc(Cl)cnc1N.CC. The number of hydrogen-bond acceptors (Lipinski definition) is 2. The predicted octanol–water partition coefficient (Wildman–Crippen LogP) is 3.38. The number of nitrogens with two attached hydrogens (primary N) is 1. The summed E-state index contributed by atoms with van der Waals surface area (Å²) in [6.07, 6.45) is 5.29. The quantitative estimate of drug-likeness (QED) is 0.752. The highest BCUT2D eigenvalue weighted by Crippen LogP contribution is 2.15. The minimum Gasteiger partial charge on any atom is -0.383 e. The van der Waals surface area contributed by atoms with Crippen molar-refractivity contribution in [1.29, 1.82) is 0 Å². The third-order valence-electron chi connectivity index (χ3n) is 1.26. The predicted molar refractivity (Wildman–Crippen MR) is 59.7 cm³/mol. The largest absolute Gasteiger partial charge is 0.383 e. The zero-order valence-corrected chi connectivity index (χ0v) is 8.97. The number of nitrogen functional groups attached to an aromatic ring is 1. The molecular weight excluding hydrogens is 184 g/mol. The Bertz CT molecular complexity index is 282. The number of nitrogens with zero attached hydrogens (tertiary/aromatic N) is 1. The first kappa shape index (κ1) is 12.0. The Morgan fingerprint density at radius 3 is 2.62 bits per heavy atom. The summed E-state index contributed by atoms with van der Waals surface area (Å²) in [6, 6.07) is 1.78. The van der Waals surface area contributed by atoms with E-state index in [1.54, 1.807) is 6.07 Å². The summed E-state index contributed by atoms with van der Waals surface area (Å²) in [5, 5.41) is 0.604. The monoisotopic (exact) mass is 198 g/mol. The van der Waals surface area contributed by atoms with Crippen molar-refractivity contribution in [3.63, 3.8) is 0 Å². The van der Waals surface area contributed by atoms with Gasteiger partial charge >= 0.3 is 0 Å². The molecule has 2 nitrogen and oxygen atoms in total. The maximum absolute atomic E-state index is 5.70. The second kappa shape index (κ2) is 6.49. The van der Waals surface area contributed by atoms with Crippen molar-refractivity contribution in [2.24, 2.45) is 0 Å².